The highest BCUT2D eigenvalue weighted by molar-refractivity contribution is 5.79. The lowest BCUT2D eigenvalue weighted by atomic mass is 9.45. The summed E-state index contributed by atoms with van der Waals surface area (Å²) in [6.07, 6.45) is 15.1. The molecule has 0 radical (unpaired) electrons. The third kappa shape index (κ3) is 2.23. The minimum absolute atomic E-state index is 0.117. The van der Waals surface area contributed by atoms with Crippen LogP contribution in [-0.4, -0.2) is 17.2 Å². The van der Waals surface area contributed by atoms with E-state index < -0.39 is 0 Å². The van der Waals surface area contributed by atoms with Gasteiger partial charge in [0.15, 0.2) is 12.0 Å². The molecular weight excluding hydrogens is 300 g/mol. The van der Waals surface area contributed by atoms with Crippen LogP contribution in [0.2, 0.25) is 0 Å². The number of carbonyl (C=O) groups is 2. The monoisotopic (exact) mass is 328 g/mol. The molecule has 0 bridgehead atoms. The molecular formula is C21H28O3. The van der Waals surface area contributed by atoms with Gasteiger partial charge in [0, 0.05) is 18.3 Å². The van der Waals surface area contributed by atoms with Gasteiger partial charge < -0.3 is 5.11 Å². The fourth-order valence-electron chi connectivity index (χ4n) is 6.81. The summed E-state index contributed by atoms with van der Waals surface area (Å²) in [6.45, 7) is 2.44. The van der Waals surface area contributed by atoms with Crippen LogP contribution in [0, 0.1) is 34.5 Å². The minimum atomic E-state index is -0.125. The van der Waals surface area contributed by atoms with Crippen molar-refractivity contribution in [3.8, 4) is 0 Å². The number of carbonyl (C=O) groups excluding carboxylic acids is 2. The van der Waals surface area contributed by atoms with Crippen LogP contribution in [0.4, 0.5) is 0 Å². The van der Waals surface area contributed by atoms with Crippen LogP contribution >= 0.6 is 0 Å². The van der Waals surface area contributed by atoms with Gasteiger partial charge in [-0.15, -0.1) is 0 Å². The number of aliphatic hydroxyl groups excluding tert-OH is 1. The first-order valence-corrected chi connectivity index (χ1v) is 9.55. The van der Waals surface area contributed by atoms with Gasteiger partial charge in [0.1, 0.15) is 5.78 Å². The van der Waals surface area contributed by atoms with Crippen molar-refractivity contribution >= 4 is 12.1 Å². The van der Waals surface area contributed by atoms with Gasteiger partial charge in [-0.2, -0.15) is 0 Å². The molecule has 1 N–H and O–H groups in total. The van der Waals surface area contributed by atoms with Gasteiger partial charge in [0.25, 0.3) is 0 Å². The maximum Gasteiger partial charge on any atom is 0.184 e. The fourth-order valence-corrected chi connectivity index (χ4v) is 6.81. The Morgan fingerprint density at radius 1 is 1.25 bits per heavy atom. The Labute approximate surface area is 144 Å². The van der Waals surface area contributed by atoms with Gasteiger partial charge in [0.2, 0.25) is 0 Å². The van der Waals surface area contributed by atoms with Crippen molar-refractivity contribution < 1.29 is 14.7 Å². The summed E-state index contributed by atoms with van der Waals surface area (Å²) in [5.41, 5.74) is 0.182. The average Bonchev–Trinajstić information content (AvgIpc) is 2.99. The minimum Gasteiger partial charge on any atom is -0.505 e. The molecule has 4 rings (SSSR count). The number of ketones is 1. The van der Waals surface area contributed by atoms with E-state index in [0.717, 1.165) is 38.5 Å². The maximum atomic E-state index is 11.9. The molecule has 0 spiro atoms. The van der Waals surface area contributed by atoms with Crippen LogP contribution < -0.4 is 0 Å². The average molecular weight is 328 g/mol. The SMILES string of the molecule is C[C@]12CCC(=O)C[C@@H]1CC[C@H]1[C@@H]3CC=C[C@@]3(C=C(O)C=O)CC[C@@H]12. The Morgan fingerprint density at radius 3 is 2.88 bits per heavy atom. The number of aliphatic hydroxyl groups is 1. The predicted octanol–water partition coefficient (Wildman–Crippen LogP) is 4.39. The summed E-state index contributed by atoms with van der Waals surface area (Å²) in [5.74, 6) is 2.76. The van der Waals surface area contributed by atoms with E-state index in [1.807, 2.05) is 6.08 Å². The number of hydrogen-bond acceptors (Lipinski definition) is 3. The quantitative estimate of drug-likeness (QED) is 0.354. The van der Waals surface area contributed by atoms with E-state index in [1.54, 1.807) is 0 Å². The Morgan fingerprint density at radius 2 is 2.08 bits per heavy atom. The van der Waals surface area contributed by atoms with Crippen molar-refractivity contribution in [1.82, 2.24) is 0 Å². The second kappa shape index (κ2) is 5.57. The summed E-state index contributed by atoms with van der Waals surface area (Å²) in [6, 6.07) is 0. The van der Waals surface area contributed by atoms with Crippen molar-refractivity contribution in [2.75, 3.05) is 0 Å². The number of rotatable bonds is 2. The lowest BCUT2D eigenvalue weighted by Gasteiger charge is -2.59. The van der Waals surface area contributed by atoms with Crippen molar-refractivity contribution in [3.63, 3.8) is 0 Å². The first-order valence-electron chi connectivity index (χ1n) is 9.55. The van der Waals surface area contributed by atoms with Crippen molar-refractivity contribution in [1.29, 1.82) is 0 Å². The largest absolute Gasteiger partial charge is 0.505 e. The molecule has 0 saturated heterocycles. The zero-order chi connectivity index (χ0) is 16.9. The molecule has 0 aromatic heterocycles. The summed E-state index contributed by atoms with van der Waals surface area (Å²) in [7, 11) is 0. The third-order valence-corrected chi connectivity index (χ3v) is 8.01. The van der Waals surface area contributed by atoms with Gasteiger partial charge in [-0.05, 0) is 73.7 Å². The Hall–Kier alpha value is -1.38. The molecule has 24 heavy (non-hydrogen) atoms. The van der Waals surface area contributed by atoms with Crippen LogP contribution in [0.25, 0.3) is 0 Å². The van der Waals surface area contributed by atoms with Gasteiger partial charge in [0.05, 0.1) is 0 Å². The number of hydrogen-bond donors (Lipinski definition) is 1. The summed E-state index contributed by atoms with van der Waals surface area (Å²) >= 11 is 0. The van der Waals surface area contributed by atoms with E-state index in [0.29, 0.717) is 41.2 Å². The lowest BCUT2D eigenvalue weighted by molar-refractivity contribution is -0.135. The second-order valence-corrected chi connectivity index (χ2v) is 8.88. The van der Waals surface area contributed by atoms with Crippen molar-refractivity contribution in [2.24, 2.45) is 34.5 Å². The molecule has 0 unspecified atom stereocenters. The lowest BCUT2D eigenvalue weighted by Crippen LogP contribution is -2.53. The smallest absolute Gasteiger partial charge is 0.184 e. The van der Waals surface area contributed by atoms with E-state index in [4.69, 9.17) is 0 Å². The number of fused-ring (bicyclic) bond motifs is 5. The third-order valence-electron chi connectivity index (χ3n) is 8.01. The molecule has 3 nitrogen and oxygen atoms in total. The summed E-state index contributed by atoms with van der Waals surface area (Å²) < 4.78 is 0. The predicted molar refractivity (Wildman–Crippen MR) is 92.4 cm³/mol. The normalized spacial score (nSPS) is 47.7. The first-order chi connectivity index (χ1) is 11.5. The molecule has 0 aromatic carbocycles. The molecule has 130 valence electrons. The molecule has 0 aromatic rings. The van der Waals surface area contributed by atoms with Crippen LogP contribution in [0.3, 0.4) is 0 Å². The number of aldehydes is 1. The second-order valence-electron chi connectivity index (χ2n) is 8.88. The first kappa shape index (κ1) is 16.1. The molecule has 0 heterocycles. The van der Waals surface area contributed by atoms with E-state index in [-0.39, 0.29) is 11.2 Å². The molecule has 3 saturated carbocycles. The van der Waals surface area contributed by atoms with Crippen LogP contribution in [0.1, 0.15) is 58.3 Å². The zero-order valence-corrected chi connectivity index (χ0v) is 14.5. The van der Waals surface area contributed by atoms with Crippen LogP contribution in [0.5, 0.6) is 0 Å². The summed E-state index contributed by atoms with van der Waals surface area (Å²) in [5, 5.41) is 9.84. The highest BCUT2D eigenvalue weighted by Crippen LogP contribution is 2.65. The zero-order valence-electron chi connectivity index (χ0n) is 14.5. The van der Waals surface area contributed by atoms with Gasteiger partial charge in [-0.3, -0.25) is 9.59 Å². The number of allylic oxidation sites excluding steroid dienone is 4. The molecule has 0 aliphatic heterocycles. The van der Waals surface area contributed by atoms with Crippen molar-refractivity contribution in [2.45, 2.75) is 58.3 Å². The summed E-state index contributed by atoms with van der Waals surface area (Å²) in [4.78, 5) is 22.9. The van der Waals surface area contributed by atoms with Gasteiger partial charge >= 0.3 is 0 Å². The Bertz CT molecular complexity index is 619. The topological polar surface area (TPSA) is 54.4 Å². The molecule has 3 heteroatoms. The van der Waals surface area contributed by atoms with E-state index in [2.05, 4.69) is 19.1 Å². The van der Waals surface area contributed by atoms with Crippen molar-refractivity contribution in [3.05, 3.63) is 24.0 Å². The molecule has 4 aliphatic rings. The van der Waals surface area contributed by atoms with Gasteiger partial charge in [-0.1, -0.05) is 19.1 Å². The van der Waals surface area contributed by atoms with E-state index in [1.165, 1.54) is 12.8 Å². The van der Waals surface area contributed by atoms with Crippen LogP contribution in [-0.2, 0) is 9.59 Å². The molecule has 0 amide bonds. The molecule has 4 aliphatic carbocycles. The van der Waals surface area contributed by atoms with Gasteiger partial charge in [-0.25, -0.2) is 0 Å². The molecule has 6 atom stereocenters. The fraction of sp³-hybridized carbons (Fsp3) is 0.714. The highest BCUT2D eigenvalue weighted by atomic mass is 16.3. The Balaban J connectivity index is 1.65. The maximum absolute atomic E-state index is 11.9. The standard InChI is InChI=1S/C21H28O3/c1-20-9-6-15(23)11-14(20)4-5-17-18(20)7-10-21(12-16(24)13-22)8-2-3-19(17)21/h2,8,12-14,17-19,24H,3-7,9-11H2,1H3/t14-,17+,18-,19-,20-,21-/m0/s1. The molecule has 3 fully saturated rings. The Kier molecular flexibility index (Phi) is 3.74. The van der Waals surface area contributed by atoms with Crippen LogP contribution in [0.15, 0.2) is 24.0 Å². The van der Waals surface area contributed by atoms with E-state index >= 15 is 0 Å². The van der Waals surface area contributed by atoms with E-state index in [9.17, 15) is 14.7 Å². The highest BCUT2D eigenvalue weighted by Gasteiger charge is 2.57. The number of Topliss-reactive ketones (excluding diaryl/α,β-unsaturated/α-hetero) is 1.